The van der Waals surface area contributed by atoms with Crippen LogP contribution in [-0.2, 0) is 19.5 Å². The SMILES string of the molecule is O=Cc1cc2c(cn1)CCN(C(=O)NCc1ccccc1)C2. The van der Waals surface area contributed by atoms with E-state index >= 15 is 0 Å². The van der Waals surface area contributed by atoms with Gasteiger partial charge in [0.25, 0.3) is 0 Å². The first-order chi connectivity index (χ1) is 10.8. The van der Waals surface area contributed by atoms with Crippen molar-refractivity contribution in [3.05, 3.63) is 65.0 Å². The summed E-state index contributed by atoms with van der Waals surface area (Å²) in [6.45, 7) is 1.69. The molecular weight excluding hydrogens is 278 g/mol. The molecular formula is C17H17N3O2. The van der Waals surface area contributed by atoms with Crippen LogP contribution in [0.1, 0.15) is 27.2 Å². The van der Waals surface area contributed by atoms with Crippen molar-refractivity contribution in [2.75, 3.05) is 6.54 Å². The zero-order valence-electron chi connectivity index (χ0n) is 12.2. The average molecular weight is 295 g/mol. The summed E-state index contributed by atoms with van der Waals surface area (Å²) in [7, 11) is 0. The van der Waals surface area contributed by atoms with Crippen LogP contribution in [0.5, 0.6) is 0 Å². The van der Waals surface area contributed by atoms with Crippen LogP contribution in [0.15, 0.2) is 42.6 Å². The summed E-state index contributed by atoms with van der Waals surface area (Å²) in [6.07, 6.45) is 3.23. The molecule has 0 saturated carbocycles. The number of pyridine rings is 1. The lowest BCUT2D eigenvalue weighted by atomic mass is 10.0. The minimum absolute atomic E-state index is 0.0843. The largest absolute Gasteiger partial charge is 0.334 e. The van der Waals surface area contributed by atoms with Crippen LogP contribution >= 0.6 is 0 Å². The van der Waals surface area contributed by atoms with Gasteiger partial charge in [-0.3, -0.25) is 9.78 Å². The number of hydrogen-bond acceptors (Lipinski definition) is 3. The average Bonchev–Trinajstić information content (AvgIpc) is 2.59. The summed E-state index contributed by atoms with van der Waals surface area (Å²) in [6, 6.07) is 11.5. The van der Waals surface area contributed by atoms with Crippen LogP contribution in [0, 0.1) is 0 Å². The standard InChI is InChI=1S/C17H17N3O2/c21-12-16-8-15-11-20(7-6-14(15)10-18-16)17(22)19-9-13-4-2-1-3-5-13/h1-5,8,10,12H,6-7,9,11H2,(H,19,22). The Morgan fingerprint density at radius 1 is 1.27 bits per heavy atom. The van der Waals surface area contributed by atoms with E-state index in [0.29, 0.717) is 25.3 Å². The van der Waals surface area contributed by atoms with Crippen molar-refractivity contribution >= 4 is 12.3 Å². The maximum Gasteiger partial charge on any atom is 0.317 e. The molecule has 3 rings (SSSR count). The summed E-state index contributed by atoms with van der Waals surface area (Å²) in [5, 5.41) is 2.93. The summed E-state index contributed by atoms with van der Waals surface area (Å²) in [5.74, 6) is 0. The number of hydrogen-bond donors (Lipinski definition) is 1. The highest BCUT2D eigenvalue weighted by molar-refractivity contribution is 5.75. The van der Waals surface area contributed by atoms with E-state index in [1.54, 1.807) is 17.2 Å². The fourth-order valence-electron chi connectivity index (χ4n) is 2.58. The van der Waals surface area contributed by atoms with Gasteiger partial charge < -0.3 is 10.2 Å². The molecule has 1 aromatic carbocycles. The van der Waals surface area contributed by atoms with Crippen LogP contribution < -0.4 is 5.32 Å². The molecule has 0 bridgehead atoms. The quantitative estimate of drug-likeness (QED) is 0.883. The Kier molecular flexibility index (Phi) is 4.14. The molecule has 0 unspecified atom stereocenters. The lowest BCUT2D eigenvalue weighted by Crippen LogP contribution is -2.42. The number of urea groups is 1. The normalized spacial score (nSPS) is 13.4. The number of amides is 2. The Labute approximate surface area is 129 Å². The maximum atomic E-state index is 12.3. The van der Waals surface area contributed by atoms with Crippen molar-refractivity contribution in [1.82, 2.24) is 15.2 Å². The number of nitrogens with zero attached hydrogens (tertiary/aromatic N) is 2. The van der Waals surface area contributed by atoms with Gasteiger partial charge in [0.1, 0.15) is 5.69 Å². The van der Waals surface area contributed by atoms with Gasteiger partial charge in [-0.15, -0.1) is 0 Å². The third-order valence-electron chi connectivity index (χ3n) is 3.81. The second-order valence-corrected chi connectivity index (χ2v) is 5.31. The van der Waals surface area contributed by atoms with Gasteiger partial charge in [-0.1, -0.05) is 30.3 Å². The lowest BCUT2D eigenvalue weighted by Gasteiger charge is -2.28. The predicted octanol–water partition coefficient (Wildman–Crippen LogP) is 2.16. The molecule has 5 heteroatoms. The third-order valence-corrected chi connectivity index (χ3v) is 3.81. The van der Waals surface area contributed by atoms with Gasteiger partial charge in [0.15, 0.2) is 6.29 Å². The highest BCUT2D eigenvalue weighted by Gasteiger charge is 2.21. The number of aldehydes is 1. The molecule has 0 fully saturated rings. The van der Waals surface area contributed by atoms with E-state index in [9.17, 15) is 9.59 Å². The molecule has 1 aliphatic heterocycles. The zero-order valence-corrected chi connectivity index (χ0v) is 12.2. The van der Waals surface area contributed by atoms with E-state index in [1.807, 2.05) is 30.3 Å². The number of carbonyl (C=O) groups excluding carboxylic acids is 2. The van der Waals surface area contributed by atoms with Crippen molar-refractivity contribution in [1.29, 1.82) is 0 Å². The first-order valence-electron chi connectivity index (χ1n) is 7.26. The van der Waals surface area contributed by atoms with E-state index in [0.717, 1.165) is 29.4 Å². The fraction of sp³-hybridized carbons (Fsp3) is 0.235. The summed E-state index contributed by atoms with van der Waals surface area (Å²) >= 11 is 0. The molecule has 0 aliphatic carbocycles. The number of benzene rings is 1. The molecule has 112 valence electrons. The van der Waals surface area contributed by atoms with E-state index in [4.69, 9.17) is 0 Å². The highest BCUT2D eigenvalue weighted by atomic mass is 16.2. The van der Waals surface area contributed by atoms with Gasteiger partial charge in [-0.05, 0) is 29.2 Å². The van der Waals surface area contributed by atoms with E-state index in [2.05, 4.69) is 10.3 Å². The maximum absolute atomic E-state index is 12.3. The molecule has 22 heavy (non-hydrogen) atoms. The Morgan fingerprint density at radius 2 is 2.09 bits per heavy atom. The number of fused-ring (bicyclic) bond motifs is 1. The van der Waals surface area contributed by atoms with Crippen molar-refractivity contribution in [2.45, 2.75) is 19.5 Å². The Morgan fingerprint density at radius 3 is 2.86 bits per heavy atom. The fourth-order valence-corrected chi connectivity index (χ4v) is 2.58. The number of aromatic nitrogens is 1. The first kappa shape index (κ1) is 14.3. The Bertz CT molecular complexity index is 686. The minimum atomic E-state index is -0.0843. The molecule has 0 spiro atoms. The number of nitrogens with one attached hydrogen (secondary N) is 1. The van der Waals surface area contributed by atoms with Crippen LogP contribution in [0.3, 0.4) is 0 Å². The molecule has 0 radical (unpaired) electrons. The van der Waals surface area contributed by atoms with E-state index < -0.39 is 0 Å². The minimum Gasteiger partial charge on any atom is -0.334 e. The lowest BCUT2D eigenvalue weighted by molar-refractivity contribution is 0.111. The van der Waals surface area contributed by atoms with Crippen molar-refractivity contribution in [3.8, 4) is 0 Å². The van der Waals surface area contributed by atoms with Crippen LogP contribution in [0.25, 0.3) is 0 Å². The van der Waals surface area contributed by atoms with Gasteiger partial charge in [0, 0.05) is 25.8 Å². The monoisotopic (exact) mass is 295 g/mol. The zero-order chi connectivity index (χ0) is 15.4. The van der Waals surface area contributed by atoms with Crippen molar-refractivity contribution in [3.63, 3.8) is 0 Å². The highest BCUT2D eigenvalue weighted by Crippen LogP contribution is 2.18. The van der Waals surface area contributed by atoms with Gasteiger partial charge in [0.2, 0.25) is 0 Å². The van der Waals surface area contributed by atoms with E-state index in [-0.39, 0.29) is 6.03 Å². The Hall–Kier alpha value is -2.69. The molecule has 0 atom stereocenters. The smallest absolute Gasteiger partial charge is 0.317 e. The molecule has 2 heterocycles. The molecule has 1 N–H and O–H groups in total. The molecule has 5 nitrogen and oxygen atoms in total. The predicted molar refractivity (Wildman–Crippen MR) is 82.4 cm³/mol. The van der Waals surface area contributed by atoms with Gasteiger partial charge in [0.05, 0.1) is 0 Å². The number of carbonyl (C=O) groups is 2. The third kappa shape index (κ3) is 3.14. The second-order valence-electron chi connectivity index (χ2n) is 5.31. The van der Waals surface area contributed by atoms with Crippen LogP contribution in [-0.4, -0.2) is 28.7 Å². The summed E-state index contributed by atoms with van der Waals surface area (Å²) in [4.78, 5) is 28.9. The van der Waals surface area contributed by atoms with Gasteiger partial charge in [-0.2, -0.15) is 0 Å². The van der Waals surface area contributed by atoms with Gasteiger partial charge >= 0.3 is 6.03 Å². The number of rotatable bonds is 3. The topological polar surface area (TPSA) is 62.3 Å². The van der Waals surface area contributed by atoms with Crippen LogP contribution in [0.4, 0.5) is 4.79 Å². The molecule has 1 aromatic heterocycles. The van der Waals surface area contributed by atoms with Crippen molar-refractivity contribution in [2.24, 2.45) is 0 Å². The summed E-state index contributed by atoms with van der Waals surface area (Å²) in [5.41, 5.74) is 3.59. The van der Waals surface area contributed by atoms with Gasteiger partial charge in [-0.25, -0.2) is 4.79 Å². The molecule has 2 aromatic rings. The van der Waals surface area contributed by atoms with Crippen LogP contribution in [0.2, 0.25) is 0 Å². The summed E-state index contributed by atoms with van der Waals surface area (Å²) < 4.78 is 0. The van der Waals surface area contributed by atoms with E-state index in [1.165, 1.54) is 0 Å². The molecule has 2 amide bonds. The second kappa shape index (κ2) is 6.39. The molecule has 1 aliphatic rings. The molecule has 0 saturated heterocycles. The Balaban J connectivity index is 1.63. The first-order valence-corrected chi connectivity index (χ1v) is 7.26. The van der Waals surface area contributed by atoms with Crippen molar-refractivity contribution < 1.29 is 9.59 Å².